The first kappa shape index (κ1) is 16.2. The van der Waals surface area contributed by atoms with Gasteiger partial charge in [0.1, 0.15) is 17.6 Å². The molecule has 2 atom stereocenters. The predicted octanol–water partition coefficient (Wildman–Crippen LogP) is 3.66. The standard InChI is InChI=1S/C21H22O4/c1-23-17-11-10-15-13-19(22)21(25-18(15)14-17,16-7-3-2-4-8-16)20-9-5-6-12-24-20/h2-4,7-8,10-11,14,20H,5-6,9,12-13H2,1H3. The smallest absolute Gasteiger partial charge is 0.218 e. The van der Waals surface area contributed by atoms with Gasteiger partial charge in [-0.1, -0.05) is 36.4 Å². The second-order valence-corrected chi connectivity index (χ2v) is 6.63. The summed E-state index contributed by atoms with van der Waals surface area (Å²) in [5, 5.41) is 0. The van der Waals surface area contributed by atoms with Gasteiger partial charge in [0.15, 0.2) is 5.78 Å². The van der Waals surface area contributed by atoms with Crippen LogP contribution in [0.5, 0.6) is 11.5 Å². The van der Waals surface area contributed by atoms with Crippen LogP contribution in [0, 0.1) is 0 Å². The molecule has 0 aliphatic carbocycles. The SMILES string of the molecule is COc1ccc2c(c1)OC(c1ccccc1)(C1CCCCO1)C(=O)C2. The summed E-state index contributed by atoms with van der Waals surface area (Å²) >= 11 is 0. The zero-order valence-electron chi connectivity index (χ0n) is 14.4. The van der Waals surface area contributed by atoms with Gasteiger partial charge in [-0.3, -0.25) is 4.79 Å². The first-order valence-corrected chi connectivity index (χ1v) is 8.80. The summed E-state index contributed by atoms with van der Waals surface area (Å²) in [6, 6.07) is 15.4. The topological polar surface area (TPSA) is 44.8 Å². The zero-order chi connectivity index (χ0) is 17.3. The minimum absolute atomic E-state index is 0.0586. The third-order valence-electron chi connectivity index (χ3n) is 5.15. The van der Waals surface area contributed by atoms with E-state index in [1.807, 2.05) is 48.5 Å². The molecule has 0 radical (unpaired) electrons. The minimum atomic E-state index is -1.08. The Morgan fingerprint density at radius 2 is 1.96 bits per heavy atom. The Labute approximate surface area is 147 Å². The van der Waals surface area contributed by atoms with Crippen molar-refractivity contribution in [2.75, 3.05) is 13.7 Å². The lowest BCUT2D eigenvalue weighted by Gasteiger charge is -2.44. The predicted molar refractivity (Wildman–Crippen MR) is 94.0 cm³/mol. The summed E-state index contributed by atoms with van der Waals surface area (Å²) < 4.78 is 17.8. The van der Waals surface area contributed by atoms with Gasteiger partial charge in [-0.05, 0) is 25.3 Å². The van der Waals surface area contributed by atoms with E-state index in [1.165, 1.54) is 0 Å². The van der Waals surface area contributed by atoms with E-state index in [0.717, 1.165) is 36.1 Å². The molecule has 0 bridgehead atoms. The van der Waals surface area contributed by atoms with Gasteiger partial charge >= 0.3 is 0 Å². The van der Waals surface area contributed by atoms with Crippen molar-refractivity contribution in [1.82, 2.24) is 0 Å². The van der Waals surface area contributed by atoms with Gasteiger partial charge in [-0.2, -0.15) is 0 Å². The lowest BCUT2D eigenvalue weighted by molar-refractivity contribution is -0.160. The number of Topliss-reactive ketones (excluding diaryl/α,β-unsaturated/α-hetero) is 1. The van der Waals surface area contributed by atoms with Crippen molar-refractivity contribution in [3.05, 3.63) is 59.7 Å². The second kappa shape index (κ2) is 6.52. The summed E-state index contributed by atoms with van der Waals surface area (Å²) in [7, 11) is 1.63. The number of benzene rings is 2. The number of hydrogen-bond donors (Lipinski definition) is 0. The fourth-order valence-electron chi connectivity index (χ4n) is 3.84. The number of ketones is 1. The molecule has 2 aromatic carbocycles. The fourth-order valence-corrected chi connectivity index (χ4v) is 3.84. The molecule has 25 heavy (non-hydrogen) atoms. The molecule has 2 aliphatic heterocycles. The number of rotatable bonds is 3. The number of ether oxygens (including phenoxy) is 3. The average Bonchev–Trinajstić information content (AvgIpc) is 2.68. The first-order chi connectivity index (χ1) is 12.2. The van der Waals surface area contributed by atoms with Crippen molar-refractivity contribution in [2.24, 2.45) is 0 Å². The summed E-state index contributed by atoms with van der Waals surface area (Å²) in [6.07, 6.45) is 2.96. The molecule has 1 saturated heterocycles. The molecule has 4 heteroatoms. The van der Waals surface area contributed by atoms with Crippen molar-refractivity contribution in [3.63, 3.8) is 0 Å². The molecular weight excluding hydrogens is 316 g/mol. The van der Waals surface area contributed by atoms with Crippen LogP contribution < -0.4 is 9.47 Å². The molecular formula is C21H22O4. The van der Waals surface area contributed by atoms with Gasteiger partial charge in [0, 0.05) is 30.2 Å². The number of carbonyl (C=O) groups is 1. The molecule has 0 spiro atoms. The summed E-state index contributed by atoms with van der Waals surface area (Å²) in [4.78, 5) is 13.3. The maximum absolute atomic E-state index is 13.3. The van der Waals surface area contributed by atoms with E-state index in [9.17, 15) is 4.79 Å². The highest BCUT2D eigenvalue weighted by atomic mass is 16.6. The molecule has 4 rings (SSSR count). The highest BCUT2D eigenvalue weighted by Gasteiger charge is 2.52. The van der Waals surface area contributed by atoms with Crippen LogP contribution >= 0.6 is 0 Å². The number of hydrogen-bond acceptors (Lipinski definition) is 4. The molecule has 4 nitrogen and oxygen atoms in total. The van der Waals surface area contributed by atoms with Crippen LogP contribution in [0.4, 0.5) is 0 Å². The van der Waals surface area contributed by atoms with Crippen LogP contribution in [0.15, 0.2) is 48.5 Å². The molecule has 2 aromatic rings. The van der Waals surface area contributed by atoms with Crippen LogP contribution in [0.1, 0.15) is 30.4 Å². The molecule has 2 unspecified atom stereocenters. The van der Waals surface area contributed by atoms with Gasteiger partial charge in [0.05, 0.1) is 7.11 Å². The van der Waals surface area contributed by atoms with Crippen LogP contribution in [0.2, 0.25) is 0 Å². The summed E-state index contributed by atoms with van der Waals surface area (Å²) in [5.74, 6) is 1.49. The third-order valence-corrected chi connectivity index (χ3v) is 5.15. The largest absolute Gasteiger partial charge is 0.497 e. The van der Waals surface area contributed by atoms with Gasteiger partial charge in [-0.25, -0.2) is 0 Å². The quantitative estimate of drug-likeness (QED) is 0.857. The van der Waals surface area contributed by atoms with Gasteiger partial charge in [0.25, 0.3) is 0 Å². The Bertz CT molecular complexity index is 765. The zero-order valence-corrected chi connectivity index (χ0v) is 14.4. The van der Waals surface area contributed by atoms with Crippen molar-refractivity contribution in [3.8, 4) is 11.5 Å². The molecule has 0 amide bonds. The monoisotopic (exact) mass is 338 g/mol. The van der Waals surface area contributed by atoms with E-state index in [2.05, 4.69) is 0 Å². The lowest BCUT2D eigenvalue weighted by Crippen LogP contribution is -2.56. The molecule has 0 aromatic heterocycles. The van der Waals surface area contributed by atoms with E-state index in [1.54, 1.807) is 7.11 Å². The Morgan fingerprint density at radius 3 is 2.68 bits per heavy atom. The normalized spacial score (nSPS) is 25.8. The van der Waals surface area contributed by atoms with Gasteiger partial charge in [0.2, 0.25) is 5.60 Å². The Kier molecular flexibility index (Phi) is 4.22. The van der Waals surface area contributed by atoms with Crippen molar-refractivity contribution >= 4 is 5.78 Å². The van der Waals surface area contributed by atoms with Crippen LogP contribution in [0.3, 0.4) is 0 Å². The molecule has 2 aliphatic rings. The lowest BCUT2D eigenvalue weighted by atomic mass is 9.77. The van der Waals surface area contributed by atoms with Crippen molar-refractivity contribution < 1.29 is 19.0 Å². The Morgan fingerprint density at radius 1 is 1.12 bits per heavy atom. The van der Waals surface area contributed by atoms with Gasteiger partial charge in [-0.15, -0.1) is 0 Å². The number of fused-ring (bicyclic) bond motifs is 1. The minimum Gasteiger partial charge on any atom is -0.497 e. The Hall–Kier alpha value is -2.33. The number of methoxy groups -OCH3 is 1. The van der Waals surface area contributed by atoms with E-state index >= 15 is 0 Å². The first-order valence-electron chi connectivity index (χ1n) is 8.80. The van der Waals surface area contributed by atoms with Gasteiger partial charge < -0.3 is 14.2 Å². The fraction of sp³-hybridized carbons (Fsp3) is 0.381. The molecule has 0 N–H and O–H groups in total. The molecule has 0 saturated carbocycles. The Balaban J connectivity index is 1.83. The van der Waals surface area contributed by atoms with Crippen LogP contribution in [0.25, 0.3) is 0 Å². The molecule has 1 fully saturated rings. The third kappa shape index (κ3) is 2.71. The van der Waals surface area contributed by atoms with E-state index in [0.29, 0.717) is 18.8 Å². The highest BCUT2D eigenvalue weighted by Crippen LogP contribution is 2.44. The highest BCUT2D eigenvalue weighted by molar-refractivity contribution is 5.93. The van der Waals surface area contributed by atoms with Crippen LogP contribution in [-0.4, -0.2) is 25.6 Å². The van der Waals surface area contributed by atoms with Crippen LogP contribution in [-0.2, 0) is 21.6 Å². The summed E-state index contributed by atoms with van der Waals surface area (Å²) in [6.45, 7) is 0.668. The van der Waals surface area contributed by atoms with E-state index in [-0.39, 0.29) is 11.9 Å². The average molecular weight is 338 g/mol. The second-order valence-electron chi connectivity index (χ2n) is 6.63. The number of carbonyl (C=O) groups excluding carboxylic acids is 1. The van der Waals surface area contributed by atoms with E-state index in [4.69, 9.17) is 14.2 Å². The van der Waals surface area contributed by atoms with E-state index < -0.39 is 5.60 Å². The molecule has 2 heterocycles. The molecule has 130 valence electrons. The van der Waals surface area contributed by atoms with Crippen molar-refractivity contribution in [2.45, 2.75) is 37.4 Å². The maximum Gasteiger partial charge on any atom is 0.218 e. The summed E-state index contributed by atoms with van der Waals surface area (Å²) in [5.41, 5.74) is 0.676. The van der Waals surface area contributed by atoms with Crippen molar-refractivity contribution in [1.29, 1.82) is 0 Å². The maximum atomic E-state index is 13.3.